The Bertz CT molecular complexity index is 996. The van der Waals surface area contributed by atoms with Crippen LogP contribution in [0.2, 0.25) is 0 Å². The summed E-state index contributed by atoms with van der Waals surface area (Å²) in [4.78, 5) is 27.1. The lowest BCUT2D eigenvalue weighted by atomic mass is 10.0. The second-order valence-electron chi connectivity index (χ2n) is 7.46. The minimum Gasteiger partial charge on any atom is -0.467 e. The van der Waals surface area contributed by atoms with Crippen molar-refractivity contribution >= 4 is 23.2 Å². The number of carbonyl (C=O) groups excluding carboxylic acids is 2. The van der Waals surface area contributed by atoms with E-state index in [9.17, 15) is 9.59 Å². The fourth-order valence-corrected chi connectivity index (χ4v) is 3.08. The maximum Gasteiger partial charge on any atom is 0.253 e. The Morgan fingerprint density at radius 2 is 1.83 bits per heavy atom. The first-order valence-electron chi connectivity index (χ1n) is 9.94. The molecule has 3 rings (SSSR count). The number of amides is 2. The molecule has 1 heterocycles. The van der Waals surface area contributed by atoms with Crippen LogP contribution in [0.15, 0.2) is 71.3 Å². The lowest BCUT2D eigenvalue weighted by Crippen LogP contribution is -2.31. The van der Waals surface area contributed by atoms with E-state index in [4.69, 9.17) is 4.42 Å². The molecule has 0 aliphatic rings. The monoisotopic (exact) mass is 405 g/mol. The van der Waals surface area contributed by atoms with Gasteiger partial charge in [-0.2, -0.15) is 0 Å². The van der Waals surface area contributed by atoms with E-state index in [0.717, 1.165) is 5.69 Å². The molecular formula is C24H27N3O3. The minimum absolute atomic E-state index is 0.171. The van der Waals surface area contributed by atoms with Gasteiger partial charge in [0, 0.05) is 12.7 Å². The predicted molar refractivity (Wildman–Crippen MR) is 119 cm³/mol. The summed E-state index contributed by atoms with van der Waals surface area (Å²) in [7, 11) is 1.88. The number of benzene rings is 2. The summed E-state index contributed by atoms with van der Waals surface area (Å²) in [6.45, 7) is 4.73. The molecule has 2 amide bonds. The van der Waals surface area contributed by atoms with Crippen molar-refractivity contribution in [2.24, 2.45) is 0 Å². The van der Waals surface area contributed by atoms with Crippen molar-refractivity contribution in [3.63, 3.8) is 0 Å². The van der Waals surface area contributed by atoms with Gasteiger partial charge in [-0.05, 0) is 47.9 Å². The molecule has 0 unspecified atom stereocenters. The summed E-state index contributed by atoms with van der Waals surface area (Å²) < 4.78 is 5.23. The highest BCUT2D eigenvalue weighted by molar-refractivity contribution is 6.04. The summed E-state index contributed by atoms with van der Waals surface area (Å²) in [6.07, 6.45) is 1.56. The second kappa shape index (κ2) is 9.78. The van der Waals surface area contributed by atoms with E-state index in [-0.39, 0.29) is 24.9 Å². The number of nitrogens with one attached hydrogen (secondary N) is 2. The van der Waals surface area contributed by atoms with Crippen LogP contribution in [0, 0.1) is 0 Å². The highest BCUT2D eigenvalue weighted by atomic mass is 16.3. The molecule has 2 aromatic carbocycles. The van der Waals surface area contributed by atoms with Crippen LogP contribution >= 0.6 is 0 Å². The Morgan fingerprint density at radius 3 is 2.57 bits per heavy atom. The fourth-order valence-electron chi connectivity index (χ4n) is 3.08. The number of likely N-dealkylation sites (N-methyl/N-ethyl adjacent to an activating group) is 1. The molecule has 0 aliphatic heterocycles. The van der Waals surface area contributed by atoms with E-state index < -0.39 is 0 Å². The van der Waals surface area contributed by atoms with E-state index in [1.54, 1.807) is 42.7 Å². The van der Waals surface area contributed by atoms with Crippen LogP contribution in [0.4, 0.5) is 11.4 Å². The first-order valence-corrected chi connectivity index (χ1v) is 9.94. The Kier molecular flexibility index (Phi) is 6.91. The standard InChI is InChI=1S/C24H27N3O3/c1-17(2)18-8-6-9-19(14-18)27(3)16-23(28)26-22-12-5-4-11-21(22)24(29)25-15-20-10-7-13-30-20/h4-14,17H,15-16H2,1-3H3,(H,25,29)(H,26,28). The summed E-state index contributed by atoms with van der Waals surface area (Å²) in [6, 6.07) is 18.7. The largest absolute Gasteiger partial charge is 0.467 e. The Morgan fingerprint density at radius 1 is 1.03 bits per heavy atom. The first kappa shape index (κ1) is 21.2. The average molecular weight is 405 g/mol. The Balaban J connectivity index is 1.63. The molecule has 0 saturated carbocycles. The molecule has 6 nitrogen and oxygen atoms in total. The third-order valence-corrected chi connectivity index (χ3v) is 4.81. The number of nitrogens with zero attached hydrogens (tertiary/aromatic N) is 1. The lowest BCUT2D eigenvalue weighted by Gasteiger charge is -2.20. The number of carbonyl (C=O) groups is 2. The molecule has 0 bridgehead atoms. The van der Waals surface area contributed by atoms with Crippen LogP contribution in [0.25, 0.3) is 0 Å². The fraction of sp³-hybridized carbons (Fsp3) is 0.250. The third-order valence-electron chi connectivity index (χ3n) is 4.81. The molecule has 3 aromatic rings. The number of hydrogen-bond donors (Lipinski definition) is 2. The van der Waals surface area contributed by atoms with Gasteiger partial charge in [0.15, 0.2) is 0 Å². The number of hydrogen-bond acceptors (Lipinski definition) is 4. The van der Waals surface area contributed by atoms with E-state index in [2.05, 4.69) is 36.6 Å². The summed E-state index contributed by atoms with van der Waals surface area (Å²) in [5, 5.41) is 5.66. The van der Waals surface area contributed by atoms with Crippen molar-refractivity contribution in [3.8, 4) is 0 Å². The van der Waals surface area contributed by atoms with Gasteiger partial charge in [-0.3, -0.25) is 9.59 Å². The number of furan rings is 1. The molecule has 30 heavy (non-hydrogen) atoms. The van der Waals surface area contributed by atoms with E-state index in [0.29, 0.717) is 22.9 Å². The lowest BCUT2D eigenvalue weighted by molar-refractivity contribution is -0.114. The van der Waals surface area contributed by atoms with Gasteiger partial charge in [-0.15, -0.1) is 0 Å². The van der Waals surface area contributed by atoms with E-state index in [1.807, 2.05) is 24.1 Å². The van der Waals surface area contributed by atoms with Crippen LogP contribution in [0.3, 0.4) is 0 Å². The number of anilines is 2. The highest BCUT2D eigenvalue weighted by Gasteiger charge is 2.15. The summed E-state index contributed by atoms with van der Waals surface area (Å²) in [5.41, 5.74) is 3.07. The second-order valence-corrected chi connectivity index (χ2v) is 7.46. The zero-order valence-corrected chi connectivity index (χ0v) is 17.5. The van der Waals surface area contributed by atoms with Gasteiger partial charge < -0.3 is 20.0 Å². The maximum atomic E-state index is 12.6. The smallest absolute Gasteiger partial charge is 0.253 e. The molecule has 0 aliphatic carbocycles. The van der Waals surface area contributed by atoms with Crippen molar-refractivity contribution in [1.29, 1.82) is 0 Å². The van der Waals surface area contributed by atoms with Crippen LogP contribution in [-0.4, -0.2) is 25.4 Å². The van der Waals surface area contributed by atoms with Crippen LogP contribution in [0.5, 0.6) is 0 Å². The van der Waals surface area contributed by atoms with Crippen molar-refractivity contribution in [1.82, 2.24) is 5.32 Å². The van der Waals surface area contributed by atoms with Crippen molar-refractivity contribution in [2.45, 2.75) is 26.3 Å². The molecule has 156 valence electrons. The third kappa shape index (κ3) is 5.50. The minimum atomic E-state index is -0.278. The normalized spacial score (nSPS) is 10.7. The zero-order valence-electron chi connectivity index (χ0n) is 17.5. The molecule has 0 fully saturated rings. The molecular weight excluding hydrogens is 378 g/mol. The van der Waals surface area contributed by atoms with E-state index in [1.165, 1.54) is 5.56 Å². The van der Waals surface area contributed by atoms with E-state index >= 15 is 0 Å². The average Bonchev–Trinajstić information content (AvgIpc) is 3.26. The van der Waals surface area contributed by atoms with Crippen LogP contribution in [0.1, 0.15) is 41.4 Å². The highest BCUT2D eigenvalue weighted by Crippen LogP contribution is 2.21. The van der Waals surface area contributed by atoms with Crippen LogP contribution in [-0.2, 0) is 11.3 Å². The number of para-hydroxylation sites is 1. The molecule has 0 saturated heterocycles. The van der Waals surface area contributed by atoms with Gasteiger partial charge in [0.1, 0.15) is 5.76 Å². The van der Waals surface area contributed by atoms with Crippen LogP contribution < -0.4 is 15.5 Å². The zero-order chi connectivity index (χ0) is 21.5. The SMILES string of the molecule is CC(C)c1cccc(N(C)CC(=O)Nc2ccccc2C(=O)NCc2ccco2)c1. The molecule has 2 N–H and O–H groups in total. The Labute approximate surface area is 176 Å². The molecule has 0 atom stereocenters. The van der Waals surface area contributed by atoms with Crippen molar-refractivity contribution < 1.29 is 14.0 Å². The van der Waals surface area contributed by atoms with Crippen molar-refractivity contribution in [2.75, 3.05) is 23.8 Å². The summed E-state index contributed by atoms with van der Waals surface area (Å²) >= 11 is 0. The summed E-state index contributed by atoms with van der Waals surface area (Å²) in [5.74, 6) is 0.605. The Hall–Kier alpha value is -3.54. The van der Waals surface area contributed by atoms with Gasteiger partial charge in [0.05, 0.1) is 30.6 Å². The van der Waals surface area contributed by atoms with Gasteiger partial charge >= 0.3 is 0 Å². The topological polar surface area (TPSA) is 74.6 Å². The van der Waals surface area contributed by atoms with Gasteiger partial charge in [-0.25, -0.2) is 0 Å². The van der Waals surface area contributed by atoms with Gasteiger partial charge in [0.2, 0.25) is 5.91 Å². The number of rotatable bonds is 8. The molecule has 1 aromatic heterocycles. The maximum absolute atomic E-state index is 12.6. The molecule has 0 radical (unpaired) electrons. The van der Waals surface area contributed by atoms with Gasteiger partial charge in [-0.1, -0.05) is 38.1 Å². The first-order chi connectivity index (χ1) is 14.4. The molecule has 0 spiro atoms. The predicted octanol–water partition coefficient (Wildman–Crippen LogP) is 4.41. The van der Waals surface area contributed by atoms with Gasteiger partial charge in [0.25, 0.3) is 5.91 Å². The molecule has 6 heteroatoms. The quantitative estimate of drug-likeness (QED) is 0.582. The van der Waals surface area contributed by atoms with Crippen molar-refractivity contribution in [3.05, 3.63) is 83.8 Å².